The molecule has 0 atom stereocenters. The highest BCUT2D eigenvalue weighted by molar-refractivity contribution is 7.90. The maximum absolute atomic E-state index is 12.2. The lowest BCUT2D eigenvalue weighted by Crippen LogP contribution is -2.39. The molecule has 26 heavy (non-hydrogen) atoms. The summed E-state index contributed by atoms with van der Waals surface area (Å²) in [5.74, 6) is -0.575. The Morgan fingerprint density at radius 2 is 2.00 bits per heavy atom. The SMILES string of the molecule is Cc1nn(/C(S)=C/C(N)=O)c(C)c1C1=CCN(C(=O)OC(C)(C)C)CC1. The van der Waals surface area contributed by atoms with E-state index >= 15 is 0 Å². The first-order valence-corrected chi connectivity index (χ1v) is 8.88. The zero-order valence-electron chi connectivity index (χ0n) is 15.9. The molecule has 1 aromatic heterocycles. The van der Waals surface area contributed by atoms with Crippen molar-refractivity contribution in [3.63, 3.8) is 0 Å². The van der Waals surface area contributed by atoms with Gasteiger partial charge in [0.1, 0.15) is 10.6 Å². The highest BCUT2D eigenvalue weighted by Gasteiger charge is 2.25. The van der Waals surface area contributed by atoms with Crippen molar-refractivity contribution in [2.45, 2.75) is 46.6 Å². The second-order valence-electron chi connectivity index (χ2n) is 7.27. The van der Waals surface area contributed by atoms with Crippen LogP contribution >= 0.6 is 12.6 Å². The number of rotatable bonds is 3. The molecule has 0 aliphatic carbocycles. The second kappa shape index (κ2) is 7.57. The summed E-state index contributed by atoms with van der Waals surface area (Å²) in [6.45, 7) is 10.4. The predicted octanol–water partition coefficient (Wildman–Crippen LogP) is 2.74. The summed E-state index contributed by atoms with van der Waals surface area (Å²) in [5.41, 5.74) is 8.52. The van der Waals surface area contributed by atoms with Gasteiger partial charge in [-0.25, -0.2) is 9.48 Å². The molecule has 0 saturated carbocycles. The van der Waals surface area contributed by atoms with Crippen molar-refractivity contribution in [2.24, 2.45) is 5.73 Å². The zero-order valence-corrected chi connectivity index (χ0v) is 16.8. The summed E-state index contributed by atoms with van der Waals surface area (Å²) < 4.78 is 7.01. The van der Waals surface area contributed by atoms with Gasteiger partial charge in [-0.15, -0.1) is 12.6 Å². The first-order chi connectivity index (χ1) is 12.0. The van der Waals surface area contributed by atoms with Gasteiger partial charge in [-0.05, 0) is 46.6 Å². The number of hydrogen-bond donors (Lipinski definition) is 2. The van der Waals surface area contributed by atoms with Gasteiger partial charge in [0, 0.05) is 30.4 Å². The Bertz CT molecular complexity index is 787. The summed E-state index contributed by atoms with van der Waals surface area (Å²) in [7, 11) is 0. The standard InChI is InChI=1S/C18H26N4O3S/c1-11-16(12(2)22(20-11)15(26)10-14(19)23)13-6-8-21(9-7-13)17(24)25-18(3,4)5/h6,10,26H,7-9H2,1-5H3,(H2,19,23)/b15-10-. The van der Waals surface area contributed by atoms with E-state index in [-0.39, 0.29) is 6.09 Å². The van der Waals surface area contributed by atoms with Gasteiger partial charge in [-0.3, -0.25) is 4.79 Å². The van der Waals surface area contributed by atoms with Crippen molar-refractivity contribution in [2.75, 3.05) is 13.1 Å². The fourth-order valence-electron chi connectivity index (χ4n) is 2.91. The molecule has 1 aliphatic rings. The Morgan fingerprint density at radius 3 is 2.50 bits per heavy atom. The summed E-state index contributed by atoms with van der Waals surface area (Å²) in [6, 6.07) is 0. The molecular weight excluding hydrogens is 352 g/mol. The maximum Gasteiger partial charge on any atom is 0.410 e. The minimum atomic E-state index is -0.575. The summed E-state index contributed by atoms with van der Waals surface area (Å²) in [4.78, 5) is 24.9. The summed E-state index contributed by atoms with van der Waals surface area (Å²) in [6.07, 6.45) is 3.64. The molecule has 0 bridgehead atoms. The number of primary amides is 1. The number of carbonyl (C=O) groups is 2. The van der Waals surface area contributed by atoms with Gasteiger partial charge in [-0.1, -0.05) is 6.08 Å². The van der Waals surface area contributed by atoms with Crippen LogP contribution in [-0.4, -0.2) is 45.4 Å². The van der Waals surface area contributed by atoms with Gasteiger partial charge >= 0.3 is 6.09 Å². The van der Waals surface area contributed by atoms with E-state index in [1.54, 1.807) is 9.58 Å². The Labute approximate surface area is 159 Å². The first-order valence-electron chi connectivity index (χ1n) is 8.43. The van der Waals surface area contributed by atoms with E-state index in [0.717, 1.165) is 22.5 Å². The summed E-state index contributed by atoms with van der Waals surface area (Å²) in [5, 5.41) is 4.83. The third kappa shape index (κ3) is 4.69. The van der Waals surface area contributed by atoms with Gasteiger partial charge in [0.2, 0.25) is 5.91 Å². The fourth-order valence-corrected chi connectivity index (χ4v) is 3.23. The van der Waals surface area contributed by atoms with Crippen LogP contribution in [-0.2, 0) is 9.53 Å². The number of aryl methyl sites for hydroxylation is 1. The number of amides is 2. The highest BCUT2D eigenvalue weighted by Crippen LogP contribution is 2.30. The van der Waals surface area contributed by atoms with Crippen molar-refractivity contribution in [3.8, 4) is 0 Å². The molecule has 0 saturated heterocycles. The monoisotopic (exact) mass is 378 g/mol. The molecule has 2 heterocycles. The van der Waals surface area contributed by atoms with E-state index in [9.17, 15) is 9.59 Å². The van der Waals surface area contributed by atoms with E-state index in [0.29, 0.717) is 24.5 Å². The normalized spacial score (nSPS) is 15.7. The minimum absolute atomic E-state index is 0.307. The molecule has 8 heteroatoms. The number of carbonyl (C=O) groups excluding carboxylic acids is 2. The van der Waals surface area contributed by atoms with Crippen LogP contribution in [0.25, 0.3) is 10.6 Å². The average Bonchev–Trinajstić information content (AvgIpc) is 2.80. The molecule has 0 spiro atoms. The Morgan fingerprint density at radius 1 is 1.35 bits per heavy atom. The lowest BCUT2D eigenvalue weighted by Gasteiger charge is -2.29. The van der Waals surface area contributed by atoms with Crippen molar-refractivity contribution in [3.05, 3.63) is 29.1 Å². The van der Waals surface area contributed by atoms with E-state index in [1.165, 1.54) is 6.08 Å². The molecule has 2 N–H and O–H groups in total. The molecular formula is C18H26N4O3S. The Balaban J connectivity index is 2.22. The molecule has 0 fully saturated rings. The van der Waals surface area contributed by atoms with Gasteiger partial charge in [0.25, 0.3) is 0 Å². The number of ether oxygens (including phenoxy) is 1. The average molecular weight is 378 g/mol. The van der Waals surface area contributed by atoms with Crippen molar-refractivity contribution in [1.82, 2.24) is 14.7 Å². The molecule has 0 radical (unpaired) electrons. The van der Waals surface area contributed by atoms with Crippen molar-refractivity contribution < 1.29 is 14.3 Å². The maximum atomic E-state index is 12.2. The summed E-state index contributed by atoms with van der Waals surface area (Å²) >= 11 is 4.31. The number of aromatic nitrogens is 2. The van der Waals surface area contributed by atoms with Crippen LogP contribution in [0.1, 0.15) is 44.1 Å². The van der Waals surface area contributed by atoms with Crippen LogP contribution in [0.15, 0.2) is 12.2 Å². The number of hydrogen-bond acceptors (Lipinski definition) is 5. The topological polar surface area (TPSA) is 90.5 Å². The Kier molecular flexibility index (Phi) is 5.85. The number of thiol groups is 1. The van der Waals surface area contributed by atoms with Crippen LogP contribution < -0.4 is 5.73 Å². The van der Waals surface area contributed by atoms with Crippen LogP contribution in [0, 0.1) is 13.8 Å². The van der Waals surface area contributed by atoms with E-state index in [4.69, 9.17) is 10.5 Å². The quantitative estimate of drug-likeness (QED) is 0.625. The molecule has 1 aromatic rings. The van der Waals surface area contributed by atoms with E-state index < -0.39 is 11.5 Å². The molecule has 0 unspecified atom stereocenters. The molecule has 142 valence electrons. The molecule has 1 aliphatic heterocycles. The fraction of sp³-hybridized carbons (Fsp3) is 0.500. The van der Waals surface area contributed by atoms with Crippen LogP contribution in [0.2, 0.25) is 0 Å². The van der Waals surface area contributed by atoms with E-state index in [1.807, 2.05) is 40.7 Å². The lowest BCUT2D eigenvalue weighted by molar-refractivity contribution is -0.113. The third-order valence-corrected chi connectivity index (χ3v) is 4.28. The van der Waals surface area contributed by atoms with Crippen LogP contribution in [0.3, 0.4) is 0 Å². The first kappa shape index (κ1) is 20.1. The molecule has 0 aromatic carbocycles. The highest BCUT2D eigenvalue weighted by atomic mass is 32.1. The van der Waals surface area contributed by atoms with Gasteiger partial charge in [0.05, 0.1) is 5.69 Å². The van der Waals surface area contributed by atoms with Crippen LogP contribution in [0.5, 0.6) is 0 Å². The predicted molar refractivity (Wildman–Crippen MR) is 105 cm³/mol. The van der Waals surface area contributed by atoms with Crippen molar-refractivity contribution in [1.29, 1.82) is 0 Å². The van der Waals surface area contributed by atoms with Gasteiger partial charge < -0.3 is 15.4 Å². The molecule has 7 nitrogen and oxygen atoms in total. The van der Waals surface area contributed by atoms with Gasteiger partial charge in [-0.2, -0.15) is 5.10 Å². The van der Waals surface area contributed by atoms with Crippen LogP contribution in [0.4, 0.5) is 4.79 Å². The molecule has 2 amide bonds. The van der Waals surface area contributed by atoms with E-state index in [2.05, 4.69) is 17.7 Å². The number of nitrogens with two attached hydrogens (primary N) is 1. The molecule has 2 rings (SSSR count). The zero-order chi connectivity index (χ0) is 19.6. The largest absolute Gasteiger partial charge is 0.444 e. The van der Waals surface area contributed by atoms with Crippen molar-refractivity contribution >= 4 is 35.2 Å². The second-order valence-corrected chi connectivity index (χ2v) is 7.73. The van der Waals surface area contributed by atoms with Gasteiger partial charge in [0.15, 0.2) is 0 Å². The lowest BCUT2D eigenvalue weighted by atomic mass is 9.98. The smallest absolute Gasteiger partial charge is 0.410 e. The minimum Gasteiger partial charge on any atom is -0.444 e. The number of nitrogens with zero attached hydrogens (tertiary/aromatic N) is 3. The third-order valence-electron chi connectivity index (χ3n) is 3.96. The Hall–Kier alpha value is -2.22.